The van der Waals surface area contributed by atoms with Crippen LogP contribution in [0.4, 0.5) is 5.69 Å². The maximum absolute atomic E-state index is 11.9. The second kappa shape index (κ2) is 5.51. The summed E-state index contributed by atoms with van der Waals surface area (Å²) in [5, 5.41) is 17.7. The minimum Gasteiger partial charge on any atom is -0.382 e. The second-order valence-corrected chi connectivity index (χ2v) is 5.30. The average Bonchev–Trinajstić information content (AvgIpc) is 3.19. The fourth-order valence-corrected chi connectivity index (χ4v) is 2.23. The lowest BCUT2D eigenvalue weighted by Gasteiger charge is -2.08. The molecular weight excluding hydrogens is 274 g/mol. The first kappa shape index (κ1) is 13.5. The molecule has 0 aromatic heterocycles. The van der Waals surface area contributed by atoms with Gasteiger partial charge in [-0.15, -0.1) is 0 Å². The molecule has 7 nitrogen and oxygen atoms in total. The number of oxime groups is 1. The number of carbonyl (C=O) groups excluding carboxylic acids is 1. The number of rotatable bonds is 5. The standard InChI is InChI=1S/C14H15N3O4/c18-14(15-8-9-5-6-9)13-7-11(16-21-13)10-3-1-2-4-12(10)17(19)20/h1-4,9,13H,5-8H2,(H,15,18)/t13-/m0/s1. The van der Waals surface area contributed by atoms with E-state index in [1.165, 1.54) is 6.07 Å². The molecule has 1 aliphatic carbocycles. The molecule has 0 saturated heterocycles. The van der Waals surface area contributed by atoms with Crippen molar-refractivity contribution in [2.24, 2.45) is 11.1 Å². The van der Waals surface area contributed by atoms with Crippen molar-refractivity contribution < 1.29 is 14.6 Å². The fraction of sp³-hybridized carbons (Fsp3) is 0.429. The second-order valence-electron chi connectivity index (χ2n) is 5.30. The first-order valence-electron chi connectivity index (χ1n) is 6.89. The molecule has 1 heterocycles. The van der Waals surface area contributed by atoms with Gasteiger partial charge in [0.15, 0.2) is 0 Å². The van der Waals surface area contributed by atoms with Gasteiger partial charge in [-0.2, -0.15) is 0 Å². The third-order valence-electron chi connectivity index (χ3n) is 3.63. The van der Waals surface area contributed by atoms with E-state index < -0.39 is 11.0 Å². The van der Waals surface area contributed by atoms with E-state index in [2.05, 4.69) is 10.5 Å². The molecule has 1 amide bonds. The lowest BCUT2D eigenvalue weighted by molar-refractivity contribution is -0.385. The van der Waals surface area contributed by atoms with Crippen LogP contribution in [0.2, 0.25) is 0 Å². The molecule has 7 heteroatoms. The highest BCUT2D eigenvalue weighted by atomic mass is 16.6. The number of hydrogen-bond acceptors (Lipinski definition) is 5. The average molecular weight is 289 g/mol. The molecule has 1 N–H and O–H groups in total. The van der Waals surface area contributed by atoms with Gasteiger partial charge in [-0.3, -0.25) is 14.9 Å². The number of nitro benzene ring substituents is 1. The van der Waals surface area contributed by atoms with E-state index in [1.54, 1.807) is 18.2 Å². The first-order chi connectivity index (χ1) is 10.1. The Kier molecular flexibility index (Phi) is 3.55. The Hall–Kier alpha value is -2.44. The third-order valence-corrected chi connectivity index (χ3v) is 3.63. The maximum atomic E-state index is 11.9. The van der Waals surface area contributed by atoms with E-state index in [1.807, 2.05) is 0 Å². The molecule has 0 unspecified atom stereocenters. The number of carbonyl (C=O) groups is 1. The van der Waals surface area contributed by atoms with Gasteiger partial charge in [0.05, 0.1) is 16.2 Å². The quantitative estimate of drug-likeness (QED) is 0.658. The Morgan fingerprint density at radius 2 is 2.19 bits per heavy atom. The molecule has 2 aliphatic rings. The predicted molar refractivity (Wildman–Crippen MR) is 74.9 cm³/mol. The maximum Gasteiger partial charge on any atom is 0.278 e. The van der Waals surface area contributed by atoms with Crippen molar-refractivity contribution in [3.8, 4) is 0 Å². The van der Waals surface area contributed by atoms with Crippen LogP contribution >= 0.6 is 0 Å². The van der Waals surface area contributed by atoms with Crippen molar-refractivity contribution in [3.05, 3.63) is 39.9 Å². The Labute approximate surface area is 121 Å². The highest BCUT2D eigenvalue weighted by Crippen LogP contribution is 2.28. The molecule has 1 fully saturated rings. The summed E-state index contributed by atoms with van der Waals surface area (Å²) in [4.78, 5) is 27.6. The van der Waals surface area contributed by atoms with Gasteiger partial charge in [-0.05, 0) is 24.8 Å². The smallest absolute Gasteiger partial charge is 0.278 e. The molecule has 1 saturated carbocycles. The minimum absolute atomic E-state index is 0.0288. The van der Waals surface area contributed by atoms with Crippen molar-refractivity contribution >= 4 is 17.3 Å². The highest BCUT2D eigenvalue weighted by molar-refractivity contribution is 6.06. The summed E-state index contributed by atoms with van der Waals surface area (Å²) >= 11 is 0. The Morgan fingerprint density at radius 1 is 1.43 bits per heavy atom. The molecular formula is C14H15N3O4. The van der Waals surface area contributed by atoms with Crippen molar-refractivity contribution in [2.45, 2.75) is 25.4 Å². The number of benzene rings is 1. The van der Waals surface area contributed by atoms with Gasteiger partial charge in [0.2, 0.25) is 6.10 Å². The van der Waals surface area contributed by atoms with Crippen molar-refractivity contribution in [1.29, 1.82) is 0 Å². The monoisotopic (exact) mass is 289 g/mol. The summed E-state index contributed by atoms with van der Waals surface area (Å²) in [7, 11) is 0. The normalized spacial score (nSPS) is 20.6. The van der Waals surface area contributed by atoms with Crippen LogP contribution in [0, 0.1) is 16.0 Å². The first-order valence-corrected chi connectivity index (χ1v) is 6.89. The molecule has 0 spiro atoms. The Balaban J connectivity index is 1.66. The van der Waals surface area contributed by atoms with Crippen LogP contribution in [0.15, 0.2) is 29.4 Å². The van der Waals surface area contributed by atoms with Gasteiger partial charge in [0, 0.05) is 19.0 Å². The number of para-hydroxylation sites is 1. The van der Waals surface area contributed by atoms with Crippen molar-refractivity contribution in [3.63, 3.8) is 0 Å². The lowest BCUT2D eigenvalue weighted by atomic mass is 10.0. The molecule has 1 aliphatic heterocycles. The summed E-state index contributed by atoms with van der Waals surface area (Å²) in [5.41, 5.74) is 0.813. The SMILES string of the molecule is O=C(NCC1CC1)[C@@H]1CC(c2ccccc2[N+](=O)[O-])=NO1. The number of hydrogen-bond donors (Lipinski definition) is 1. The number of nitrogens with zero attached hydrogens (tertiary/aromatic N) is 2. The van der Waals surface area contributed by atoms with E-state index in [4.69, 9.17) is 4.84 Å². The van der Waals surface area contributed by atoms with Crippen molar-refractivity contribution in [1.82, 2.24) is 5.32 Å². The molecule has 110 valence electrons. The van der Waals surface area contributed by atoms with E-state index in [0.29, 0.717) is 23.7 Å². The van der Waals surface area contributed by atoms with Gasteiger partial charge < -0.3 is 10.2 Å². The summed E-state index contributed by atoms with van der Waals surface area (Å²) < 4.78 is 0. The minimum atomic E-state index is -0.696. The van der Waals surface area contributed by atoms with Crippen LogP contribution in [-0.2, 0) is 9.63 Å². The lowest BCUT2D eigenvalue weighted by Crippen LogP contribution is -2.35. The van der Waals surface area contributed by atoms with Crippen LogP contribution in [0.25, 0.3) is 0 Å². The van der Waals surface area contributed by atoms with E-state index in [-0.39, 0.29) is 18.0 Å². The number of amides is 1. The molecule has 1 atom stereocenters. The zero-order chi connectivity index (χ0) is 14.8. The summed E-state index contributed by atoms with van der Waals surface area (Å²) in [6.07, 6.45) is 1.87. The van der Waals surface area contributed by atoms with Gasteiger partial charge in [-0.1, -0.05) is 17.3 Å². The molecule has 1 aromatic carbocycles. The van der Waals surface area contributed by atoms with E-state index in [9.17, 15) is 14.9 Å². The summed E-state index contributed by atoms with van der Waals surface area (Å²) in [5.74, 6) is 0.380. The van der Waals surface area contributed by atoms with E-state index >= 15 is 0 Å². The van der Waals surface area contributed by atoms with Crippen LogP contribution in [-0.4, -0.2) is 29.2 Å². The molecule has 0 bridgehead atoms. The van der Waals surface area contributed by atoms with Crippen LogP contribution < -0.4 is 5.32 Å². The predicted octanol–water partition coefficient (Wildman–Crippen LogP) is 1.61. The van der Waals surface area contributed by atoms with Gasteiger partial charge >= 0.3 is 0 Å². The van der Waals surface area contributed by atoms with Gasteiger partial charge in [0.25, 0.3) is 11.6 Å². The van der Waals surface area contributed by atoms with Crippen LogP contribution in [0.1, 0.15) is 24.8 Å². The Bertz CT molecular complexity index is 610. The van der Waals surface area contributed by atoms with Gasteiger partial charge in [-0.25, -0.2) is 0 Å². The summed E-state index contributed by atoms with van der Waals surface area (Å²) in [6, 6.07) is 6.33. The molecule has 0 radical (unpaired) electrons. The zero-order valence-electron chi connectivity index (χ0n) is 11.3. The zero-order valence-corrected chi connectivity index (χ0v) is 11.3. The van der Waals surface area contributed by atoms with Crippen molar-refractivity contribution in [2.75, 3.05) is 6.54 Å². The fourth-order valence-electron chi connectivity index (χ4n) is 2.23. The Morgan fingerprint density at radius 3 is 2.90 bits per heavy atom. The molecule has 21 heavy (non-hydrogen) atoms. The van der Waals surface area contributed by atoms with Crippen LogP contribution in [0.3, 0.4) is 0 Å². The summed E-state index contributed by atoms with van der Waals surface area (Å²) in [6.45, 7) is 0.666. The number of nitrogens with one attached hydrogen (secondary N) is 1. The molecule has 1 aromatic rings. The third kappa shape index (κ3) is 3.01. The van der Waals surface area contributed by atoms with E-state index in [0.717, 1.165) is 12.8 Å². The molecule has 3 rings (SSSR count). The highest BCUT2D eigenvalue weighted by Gasteiger charge is 2.32. The number of nitro groups is 1. The largest absolute Gasteiger partial charge is 0.382 e. The van der Waals surface area contributed by atoms with Crippen LogP contribution in [0.5, 0.6) is 0 Å². The topological polar surface area (TPSA) is 93.8 Å². The van der Waals surface area contributed by atoms with Gasteiger partial charge in [0.1, 0.15) is 0 Å².